The van der Waals surface area contributed by atoms with Crippen molar-refractivity contribution in [3.63, 3.8) is 0 Å². The molecule has 0 saturated carbocycles. The second kappa shape index (κ2) is 9.65. The van der Waals surface area contributed by atoms with Gasteiger partial charge < -0.3 is 4.74 Å². The molecule has 2 aliphatic rings. The maximum absolute atomic E-state index is 11.9. The summed E-state index contributed by atoms with van der Waals surface area (Å²) in [5.74, 6) is 5.34. The monoisotopic (exact) mass is 380 g/mol. The smallest absolute Gasteiger partial charge is 0.331 e. The van der Waals surface area contributed by atoms with Crippen molar-refractivity contribution in [3.8, 4) is 11.8 Å². The summed E-state index contributed by atoms with van der Waals surface area (Å²) in [5.41, 5.74) is 3.62. The van der Waals surface area contributed by atoms with Gasteiger partial charge in [0.2, 0.25) is 6.04 Å². The molecule has 6 heteroatoms. The van der Waals surface area contributed by atoms with E-state index in [1.165, 1.54) is 6.08 Å². The molecule has 0 saturated heterocycles. The maximum Gasteiger partial charge on any atom is 0.331 e. The Morgan fingerprint density at radius 3 is 2.96 bits per heavy atom. The fraction of sp³-hybridized carbons (Fsp3) is 0.364. The Kier molecular flexibility index (Phi) is 7.28. The molecule has 0 radical (unpaired) electrons. The number of carbonyl (C=O) groups excluding carboxylic acids is 1. The first kappa shape index (κ1) is 21.1. The molecule has 2 atom stereocenters. The number of fused-ring (bicyclic) bond motifs is 1. The van der Waals surface area contributed by atoms with Crippen molar-refractivity contribution >= 4 is 17.4 Å². The van der Waals surface area contributed by atoms with Crippen LogP contribution in [-0.2, 0) is 16.0 Å². The van der Waals surface area contributed by atoms with Crippen LogP contribution in [0.3, 0.4) is 0 Å². The van der Waals surface area contributed by atoms with Gasteiger partial charge in [0.15, 0.2) is 6.10 Å². The van der Waals surface area contributed by atoms with Gasteiger partial charge in [0.05, 0.1) is 11.4 Å². The van der Waals surface area contributed by atoms with Gasteiger partial charge >= 0.3 is 5.97 Å². The molecule has 6 nitrogen and oxygen atoms in total. The fourth-order valence-corrected chi connectivity index (χ4v) is 3.04. The number of para-hydroxylation sites is 1. The van der Waals surface area contributed by atoms with Gasteiger partial charge in [0.1, 0.15) is 0 Å². The second-order valence-corrected chi connectivity index (χ2v) is 6.55. The summed E-state index contributed by atoms with van der Waals surface area (Å²) in [7, 11) is 0. The molecular weight excluding hydrogens is 356 g/mol. The van der Waals surface area contributed by atoms with E-state index in [4.69, 9.17) is 4.74 Å². The number of ether oxygens (including phenoxy) is 1. The predicted molar refractivity (Wildman–Crippen MR) is 109 cm³/mol. The first-order chi connectivity index (χ1) is 13.0. The lowest BCUT2D eigenvalue weighted by molar-refractivity contribution is -0.523. The normalized spacial score (nSPS) is 18.7. The van der Waals surface area contributed by atoms with Crippen molar-refractivity contribution in [3.05, 3.63) is 63.7 Å². The van der Waals surface area contributed by atoms with Gasteiger partial charge in [-0.1, -0.05) is 43.7 Å². The number of nitro groups is 1. The molecule has 1 heterocycles. The zero-order chi connectivity index (χ0) is 19.2. The standard InChI is InChI=1S/C21H20N2O4.CH4/c1-15(9-11-18-14-17-6-2-3-8-20(17)22-18)27-21(24)12-10-16-5-4-7-19(13-16)23(25)26;/h2-3,5-6,8,10,12,15,19H,4,7,13-14H2,1H3;1H4/b12-10+;/t15-,19?;/m1./s1. The summed E-state index contributed by atoms with van der Waals surface area (Å²) < 4.78 is 5.24. The molecule has 1 aromatic carbocycles. The lowest BCUT2D eigenvalue weighted by Crippen LogP contribution is -2.22. The number of hydrogen-bond donors (Lipinski definition) is 0. The number of rotatable bonds is 4. The molecule has 1 aliphatic carbocycles. The van der Waals surface area contributed by atoms with E-state index in [-0.39, 0.29) is 12.3 Å². The van der Waals surface area contributed by atoms with Gasteiger partial charge in [-0.15, -0.1) is 0 Å². The van der Waals surface area contributed by atoms with Crippen LogP contribution < -0.4 is 0 Å². The number of esters is 1. The van der Waals surface area contributed by atoms with Crippen LogP contribution in [0.15, 0.2) is 53.1 Å². The SMILES string of the molecule is C.C[C@H](C#CC1=Nc2ccccc2C1)OC(=O)/C=C/C1=CCCC([N+](=O)[O-])C1. The van der Waals surface area contributed by atoms with Crippen LogP contribution in [-0.4, -0.2) is 28.8 Å². The lowest BCUT2D eigenvalue weighted by Gasteiger charge is -2.14. The highest BCUT2D eigenvalue weighted by molar-refractivity contribution is 6.06. The Morgan fingerprint density at radius 2 is 2.21 bits per heavy atom. The highest BCUT2D eigenvalue weighted by Gasteiger charge is 2.23. The van der Waals surface area contributed by atoms with Crippen LogP contribution in [0, 0.1) is 22.0 Å². The van der Waals surface area contributed by atoms with Gasteiger partial charge in [-0.05, 0) is 36.5 Å². The molecule has 0 N–H and O–H groups in total. The van der Waals surface area contributed by atoms with E-state index < -0.39 is 18.1 Å². The average Bonchev–Trinajstić information content (AvgIpc) is 3.08. The van der Waals surface area contributed by atoms with Crippen LogP contribution in [0.4, 0.5) is 5.69 Å². The van der Waals surface area contributed by atoms with Crippen molar-refractivity contribution in [2.45, 2.75) is 52.2 Å². The molecule has 0 bridgehead atoms. The Labute approximate surface area is 165 Å². The first-order valence-corrected chi connectivity index (χ1v) is 8.89. The molecule has 1 aliphatic heterocycles. The quantitative estimate of drug-likeness (QED) is 0.258. The highest BCUT2D eigenvalue weighted by Crippen LogP contribution is 2.25. The van der Waals surface area contributed by atoms with E-state index in [9.17, 15) is 14.9 Å². The molecule has 0 aromatic heterocycles. The van der Waals surface area contributed by atoms with Gasteiger partial charge in [-0.25, -0.2) is 9.79 Å². The molecule has 1 aromatic rings. The third-order valence-corrected chi connectivity index (χ3v) is 4.43. The number of allylic oxidation sites excluding steroid dienone is 2. The molecule has 0 fully saturated rings. The second-order valence-electron chi connectivity index (χ2n) is 6.55. The summed E-state index contributed by atoms with van der Waals surface area (Å²) in [6.07, 6.45) is 6.46. The van der Waals surface area contributed by atoms with E-state index in [0.717, 1.165) is 22.5 Å². The van der Waals surface area contributed by atoms with E-state index in [2.05, 4.69) is 16.8 Å². The van der Waals surface area contributed by atoms with E-state index in [1.54, 1.807) is 13.0 Å². The van der Waals surface area contributed by atoms with E-state index in [1.807, 2.05) is 30.3 Å². The minimum Gasteiger partial charge on any atom is -0.446 e. The van der Waals surface area contributed by atoms with Crippen molar-refractivity contribution in [1.29, 1.82) is 0 Å². The molecule has 0 spiro atoms. The van der Waals surface area contributed by atoms with Crippen molar-refractivity contribution in [2.24, 2.45) is 4.99 Å². The number of aliphatic imine (C=N–C) groups is 1. The zero-order valence-electron chi connectivity index (χ0n) is 15.1. The Balaban J connectivity index is 0.00000280. The third kappa shape index (κ3) is 5.65. The Hall–Kier alpha value is -3.20. The molecular formula is C22H24N2O4. The zero-order valence-corrected chi connectivity index (χ0v) is 15.1. The topological polar surface area (TPSA) is 81.8 Å². The predicted octanol–water partition coefficient (Wildman–Crippen LogP) is 4.20. The summed E-state index contributed by atoms with van der Waals surface area (Å²) in [5, 5.41) is 10.9. The summed E-state index contributed by atoms with van der Waals surface area (Å²) in [6.45, 7) is 1.70. The van der Waals surface area contributed by atoms with Gasteiger partial charge in [-0.3, -0.25) is 10.1 Å². The van der Waals surface area contributed by atoms with Crippen molar-refractivity contribution < 1.29 is 14.5 Å². The van der Waals surface area contributed by atoms with Crippen LogP contribution in [0.1, 0.15) is 39.2 Å². The largest absolute Gasteiger partial charge is 0.446 e. The molecule has 1 unspecified atom stereocenters. The minimum atomic E-state index is -0.577. The maximum atomic E-state index is 11.9. The fourth-order valence-electron chi connectivity index (χ4n) is 3.04. The number of hydrogen-bond acceptors (Lipinski definition) is 5. The lowest BCUT2D eigenvalue weighted by atomic mass is 9.95. The number of benzene rings is 1. The molecule has 0 amide bonds. The number of carbonyl (C=O) groups is 1. The summed E-state index contributed by atoms with van der Waals surface area (Å²) in [6, 6.07) is 7.29. The van der Waals surface area contributed by atoms with Crippen LogP contribution in [0.5, 0.6) is 0 Å². The highest BCUT2D eigenvalue weighted by atomic mass is 16.6. The van der Waals surface area contributed by atoms with Crippen molar-refractivity contribution in [1.82, 2.24) is 0 Å². The number of nitrogens with zero attached hydrogens (tertiary/aromatic N) is 2. The van der Waals surface area contributed by atoms with Crippen LogP contribution >= 0.6 is 0 Å². The first-order valence-electron chi connectivity index (χ1n) is 8.89. The van der Waals surface area contributed by atoms with Gasteiger partial charge in [0, 0.05) is 30.3 Å². The summed E-state index contributed by atoms with van der Waals surface area (Å²) >= 11 is 0. The Morgan fingerprint density at radius 1 is 1.43 bits per heavy atom. The van der Waals surface area contributed by atoms with Crippen LogP contribution in [0.2, 0.25) is 0 Å². The van der Waals surface area contributed by atoms with Gasteiger partial charge in [-0.2, -0.15) is 0 Å². The summed E-state index contributed by atoms with van der Waals surface area (Å²) in [4.78, 5) is 27.0. The van der Waals surface area contributed by atoms with E-state index in [0.29, 0.717) is 25.7 Å². The van der Waals surface area contributed by atoms with Gasteiger partial charge in [0.25, 0.3) is 0 Å². The Bertz CT molecular complexity index is 903. The van der Waals surface area contributed by atoms with E-state index >= 15 is 0 Å². The average molecular weight is 380 g/mol. The molecule has 146 valence electrons. The van der Waals surface area contributed by atoms with Crippen molar-refractivity contribution in [2.75, 3.05) is 0 Å². The molecule has 3 rings (SSSR count). The third-order valence-electron chi connectivity index (χ3n) is 4.43. The van der Waals surface area contributed by atoms with Crippen LogP contribution in [0.25, 0.3) is 0 Å². The minimum absolute atomic E-state index is 0. The molecule has 28 heavy (non-hydrogen) atoms.